The molecule has 5 heteroatoms. The highest BCUT2D eigenvalue weighted by atomic mass is 16.5. The molecule has 21 heavy (non-hydrogen) atoms. The van der Waals surface area contributed by atoms with Gasteiger partial charge in [-0.3, -0.25) is 14.9 Å². The summed E-state index contributed by atoms with van der Waals surface area (Å²) in [6.45, 7) is 0. The second kappa shape index (κ2) is 6.56. The Labute approximate surface area is 122 Å². The van der Waals surface area contributed by atoms with Crippen LogP contribution in [0.1, 0.15) is 20.7 Å². The average molecular weight is 285 g/mol. The predicted molar refractivity (Wildman–Crippen MR) is 77.8 cm³/mol. The number of nitrogens with one attached hydrogen (secondary N) is 1. The molecule has 0 fully saturated rings. The van der Waals surface area contributed by atoms with Crippen LogP contribution in [0, 0.1) is 0 Å². The molecular formula is C16H15NO4. The van der Waals surface area contributed by atoms with Crippen LogP contribution in [-0.2, 0) is 0 Å². The zero-order valence-electron chi connectivity index (χ0n) is 11.8. The molecule has 108 valence electrons. The first-order valence-electron chi connectivity index (χ1n) is 6.28. The van der Waals surface area contributed by atoms with E-state index in [-0.39, 0.29) is 0 Å². The van der Waals surface area contributed by atoms with Gasteiger partial charge in [0.25, 0.3) is 11.8 Å². The summed E-state index contributed by atoms with van der Waals surface area (Å²) in [6, 6.07) is 13.0. The van der Waals surface area contributed by atoms with E-state index in [0.29, 0.717) is 22.6 Å². The monoisotopic (exact) mass is 285 g/mol. The van der Waals surface area contributed by atoms with E-state index in [2.05, 4.69) is 5.32 Å². The number of methoxy groups -OCH3 is 2. The highest BCUT2D eigenvalue weighted by molar-refractivity contribution is 6.10. The van der Waals surface area contributed by atoms with Gasteiger partial charge in [0, 0.05) is 11.1 Å². The van der Waals surface area contributed by atoms with Gasteiger partial charge in [-0.25, -0.2) is 0 Å². The summed E-state index contributed by atoms with van der Waals surface area (Å²) in [5, 5.41) is 2.33. The van der Waals surface area contributed by atoms with E-state index < -0.39 is 11.8 Å². The largest absolute Gasteiger partial charge is 0.497 e. The lowest BCUT2D eigenvalue weighted by Gasteiger charge is -2.06. The molecule has 0 spiro atoms. The fraction of sp³-hybridized carbons (Fsp3) is 0.125. The van der Waals surface area contributed by atoms with Crippen LogP contribution in [0.25, 0.3) is 0 Å². The second-order valence-corrected chi connectivity index (χ2v) is 4.24. The fourth-order valence-electron chi connectivity index (χ4n) is 1.73. The van der Waals surface area contributed by atoms with E-state index in [1.165, 1.54) is 0 Å². The van der Waals surface area contributed by atoms with E-state index in [4.69, 9.17) is 9.47 Å². The zero-order valence-corrected chi connectivity index (χ0v) is 11.8. The fourth-order valence-corrected chi connectivity index (χ4v) is 1.73. The SMILES string of the molecule is COc1ccc(C(=O)NC(=O)c2ccc(OC)cc2)cc1. The third kappa shape index (κ3) is 3.60. The minimum atomic E-state index is -0.460. The van der Waals surface area contributed by atoms with Crippen LogP contribution in [-0.4, -0.2) is 26.0 Å². The molecule has 2 amide bonds. The van der Waals surface area contributed by atoms with Crippen LogP contribution in [0.4, 0.5) is 0 Å². The van der Waals surface area contributed by atoms with Gasteiger partial charge in [-0.2, -0.15) is 0 Å². The van der Waals surface area contributed by atoms with Crippen LogP contribution in [0.3, 0.4) is 0 Å². The van der Waals surface area contributed by atoms with Gasteiger partial charge in [-0.05, 0) is 48.5 Å². The smallest absolute Gasteiger partial charge is 0.258 e. The Balaban J connectivity index is 2.05. The molecule has 0 aliphatic rings. The first kappa shape index (κ1) is 14.6. The Hall–Kier alpha value is -2.82. The maximum absolute atomic E-state index is 12.0. The van der Waals surface area contributed by atoms with E-state index >= 15 is 0 Å². The highest BCUT2D eigenvalue weighted by Gasteiger charge is 2.12. The summed E-state index contributed by atoms with van der Waals surface area (Å²) in [5.41, 5.74) is 0.773. The predicted octanol–water partition coefficient (Wildman–Crippen LogP) is 2.27. The van der Waals surface area contributed by atoms with Gasteiger partial charge < -0.3 is 9.47 Å². The van der Waals surface area contributed by atoms with E-state index in [9.17, 15) is 9.59 Å². The highest BCUT2D eigenvalue weighted by Crippen LogP contribution is 2.13. The molecule has 0 aromatic heterocycles. The number of ether oxygens (including phenoxy) is 2. The van der Waals surface area contributed by atoms with Crippen molar-refractivity contribution in [1.29, 1.82) is 0 Å². The maximum atomic E-state index is 12.0. The molecule has 0 bridgehead atoms. The number of carbonyl (C=O) groups excluding carboxylic acids is 2. The molecule has 0 aliphatic heterocycles. The molecule has 1 N–H and O–H groups in total. The molecule has 0 unspecified atom stereocenters. The van der Waals surface area contributed by atoms with E-state index in [1.54, 1.807) is 62.8 Å². The number of amides is 2. The summed E-state index contributed by atoms with van der Waals surface area (Å²) in [5.74, 6) is 0.373. The van der Waals surface area contributed by atoms with Gasteiger partial charge in [0.15, 0.2) is 0 Å². The minimum absolute atomic E-state index is 0.387. The van der Waals surface area contributed by atoms with Crippen molar-refractivity contribution in [2.45, 2.75) is 0 Å². The Kier molecular flexibility index (Phi) is 4.56. The maximum Gasteiger partial charge on any atom is 0.258 e. The van der Waals surface area contributed by atoms with Crippen molar-refractivity contribution in [1.82, 2.24) is 5.32 Å². The molecular weight excluding hydrogens is 270 g/mol. The van der Waals surface area contributed by atoms with Crippen LogP contribution in [0.15, 0.2) is 48.5 Å². The van der Waals surface area contributed by atoms with Gasteiger partial charge in [0.05, 0.1) is 14.2 Å². The van der Waals surface area contributed by atoms with Crippen molar-refractivity contribution in [3.63, 3.8) is 0 Å². The summed E-state index contributed by atoms with van der Waals surface area (Å²) in [6.07, 6.45) is 0. The number of rotatable bonds is 4. The third-order valence-corrected chi connectivity index (χ3v) is 2.93. The van der Waals surface area contributed by atoms with Crippen LogP contribution < -0.4 is 14.8 Å². The number of imide groups is 1. The van der Waals surface area contributed by atoms with Crippen molar-refractivity contribution >= 4 is 11.8 Å². The molecule has 0 aliphatic carbocycles. The molecule has 0 saturated heterocycles. The van der Waals surface area contributed by atoms with Gasteiger partial charge in [0.1, 0.15) is 11.5 Å². The van der Waals surface area contributed by atoms with Crippen molar-refractivity contribution in [3.05, 3.63) is 59.7 Å². The standard InChI is InChI=1S/C16H15NO4/c1-20-13-7-3-11(4-8-13)15(18)17-16(19)12-5-9-14(21-2)10-6-12/h3-10H,1-2H3,(H,17,18,19). The van der Waals surface area contributed by atoms with E-state index in [0.717, 1.165) is 0 Å². The number of benzene rings is 2. The van der Waals surface area contributed by atoms with Crippen molar-refractivity contribution in [2.24, 2.45) is 0 Å². The summed E-state index contributed by atoms with van der Waals surface area (Å²) >= 11 is 0. The van der Waals surface area contributed by atoms with Gasteiger partial charge in [-0.15, -0.1) is 0 Å². The lowest BCUT2D eigenvalue weighted by atomic mass is 10.1. The molecule has 0 atom stereocenters. The van der Waals surface area contributed by atoms with Crippen LogP contribution in [0.2, 0.25) is 0 Å². The molecule has 0 heterocycles. The first-order valence-corrected chi connectivity index (χ1v) is 6.28. The molecule has 0 radical (unpaired) electrons. The molecule has 2 rings (SSSR count). The summed E-state index contributed by atoms with van der Waals surface area (Å²) in [7, 11) is 3.09. The van der Waals surface area contributed by atoms with Gasteiger partial charge >= 0.3 is 0 Å². The third-order valence-electron chi connectivity index (χ3n) is 2.93. The van der Waals surface area contributed by atoms with Crippen LogP contribution >= 0.6 is 0 Å². The first-order chi connectivity index (χ1) is 10.1. The molecule has 2 aromatic rings. The van der Waals surface area contributed by atoms with Gasteiger partial charge in [0.2, 0.25) is 0 Å². The van der Waals surface area contributed by atoms with Gasteiger partial charge in [-0.1, -0.05) is 0 Å². The van der Waals surface area contributed by atoms with Crippen LogP contribution in [0.5, 0.6) is 11.5 Å². The summed E-state index contributed by atoms with van der Waals surface area (Å²) in [4.78, 5) is 23.9. The lowest BCUT2D eigenvalue weighted by Crippen LogP contribution is -2.30. The molecule has 0 saturated carbocycles. The summed E-state index contributed by atoms with van der Waals surface area (Å²) < 4.78 is 10.0. The number of hydrogen-bond acceptors (Lipinski definition) is 4. The topological polar surface area (TPSA) is 64.6 Å². The lowest BCUT2D eigenvalue weighted by molar-refractivity contribution is 0.0849. The second-order valence-electron chi connectivity index (χ2n) is 4.24. The molecule has 5 nitrogen and oxygen atoms in total. The molecule has 2 aromatic carbocycles. The zero-order chi connectivity index (χ0) is 15.2. The van der Waals surface area contributed by atoms with Crippen molar-refractivity contribution in [2.75, 3.05) is 14.2 Å². The average Bonchev–Trinajstić information content (AvgIpc) is 2.55. The normalized spacial score (nSPS) is 9.81. The Morgan fingerprint density at radius 3 is 1.33 bits per heavy atom. The van der Waals surface area contributed by atoms with E-state index in [1.807, 2.05) is 0 Å². The van der Waals surface area contributed by atoms with Crippen molar-refractivity contribution in [3.8, 4) is 11.5 Å². The number of hydrogen-bond donors (Lipinski definition) is 1. The Morgan fingerprint density at radius 1 is 0.714 bits per heavy atom. The quantitative estimate of drug-likeness (QED) is 0.875. The Morgan fingerprint density at radius 2 is 1.05 bits per heavy atom. The Bertz CT molecular complexity index is 575. The van der Waals surface area contributed by atoms with Crippen molar-refractivity contribution < 1.29 is 19.1 Å². The number of carbonyl (C=O) groups is 2. The minimum Gasteiger partial charge on any atom is -0.497 e.